The number of fused-ring (bicyclic) bond motifs is 4. The molecule has 1 heterocycles. The molecule has 7 rings (SSSR count). The Bertz CT molecular complexity index is 1280. The van der Waals surface area contributed by atoms with Gasteiger partial charge in [0.2, 0.25) is 0 Å². The Hall–Kier alpha value is -2.26. The zero-order valence-corrected chi connectivity index (χ0v) is 23.5. The van der Waals surface area contributed by atoms with Gasteiger partial charge in [-0.3, -0.25) is 0 Å². The van der Waals surface area contributed by atoms with Gasteiger partial charge in [0.1, 0.15) is 0 Å². The molecule has 4 aliphatic carbocycles. The van der Waals surface area contributed by atoms with E-state index in [1.54, 1.807) is 24.3 Å². The molecule has 5 aliphatic rings. The third-order valence-corrected chi connectivity index (χ3v) is 19.1. The molecule has 0 N–H and O–H groups in total. The number of hydrogen-bond acceptors (Lipinski definition) is 2. The molecule has 2 aromatic carbocycles. The van der Waals surface area contributed by atoms with Crippen LogP contribution in [0, 0.1) is 11.6 Å². The molecule has 1 fully saturated rings. The molecule has 5 heteroatoms. The van der Waals surface area contributed by atoms with Crippen LogP contribution < -0.4 is 5.63 Å². The van der Waals surface area contributed by atoms with Gasteiger partial charge in [-0.05, 0) is 0 Å². The minimum absolute atomic E-state index is 0.0356. The van der Waals surface area contributed by atoms with Gasteiger partial charge in [-0.2, -0.15) is 0 Å². The summed E-state index contributed by atoms with van der Waals surface area (Å²) in [7, 11) is 0. The van der Waals surface area contributed by atoms with Crippen molar-refractivity contribution in [2.45, 2.75) is 71.5 Å². The van der Waals surface area contributed by atoms with Crippen LogP contribution in [0.4, 0.5) is 8.78 Å². The molecule has 1 aliphatic heterocycles. The van der Waals surface area contributed by atoms with Crippen molar-refractivity contribution in [3.63, 3.8) is 0 Å². The monoisotopic (exact) mass is 576 g/mol. The van der Waals surface area contributed by atoms with E-state index in [4.69, 9.17) is 5.63 Å². The van der Waals surface area contributed by atoms with E-state index in [2.05, 4.69) is 12.2 Å². The Morgan fingerprint density at radius 3 is 1.46 bits per heavy atom. The Morgan fingerprint density at radius 2 is 1.00 bits per heavy atom. The Balaban J connectivity index is 1.49. The standard InChI is InChI=1S/C20H24.2C6H5FO.Zr/c1-2-6-18-12-15(11-17(18)5-1)9-10-16-13-19-7-3-4-8-20(19)14-16;2*7-5-3-1-2-4-6(5)8;/h11-14H,1-10H2;2*1-4,8H;/q;;;+2/p-2. The number of para-hydroxylation sites is 2. The summed E-state index contributed by atoms with van der Waals surface area (Å²) in [5.41, 5.74) is 8.51. The number of benzene rings is 2. The second-order valence-electron chi connectivity index (χ2n) is 11.1. The average molecular weight is 578 g/mol. The van der Waals surface area contributed by atoms with Gasteiger partial charge in [-0.1, -0.05) is 0 Å². The van der Waals surface area contributed by atoms with Crippen molar-refractivity contribution in [1.29, 1.82) is 0 Å². The molecule has 2 nitrogen and oxygen atoms in total. The molecule has 2 aromatic rings. The maximum atomic E-state index is 15.3. The molecule has 0 bridgehead atoms. The van der Waals surface area contributed by atoms with Crippen LogP contribution >= 0.6 is 0 Å². The Labute approximate surface area is 223 Å². The molecule has 37 heavy (non-hydrogen) atoms. The first-order chi connectivity index (χ1) is 18.1. The van der Waals surface area contributed by atoms with Crippen LogP contribution in [-0.2, 0) is 21.1 Å². The zero-order chi connectivity index (χ0) is 25.0. The fourth-order valence-corrected chi connectivity index (χ4v) is 19.8. The van der Waals surface area contributed by atoms with Crippen molar-refractivity contribution in [3.05, 3.63) is 106 Å². The van der Waals surface area contributed by atoms with Crippen LogP contribution in [0.25, 0.3) is 0 Å². The molecule has 0 amide bonds. The van der Waals surface area contributed by atoms with E-state index < -0.39 is 21.1 Å². The van der Waals surface area contributed by atoms with Crippen molar-refractivity contribution in [1.82, 2.24) is 0 Å². The third-order valence-electron chi connectivity index (χ3n) is 8.99. The van der Waals surface area contributed by atoms with Crippen LogP contribution in [0.15, 0.2) is 94.1 Å². The fourth-order valence-electron chi connectivity index (χ4n) is 7.50. The zero-order valence-electron chi connectivity index (χ0n) is 21.1. The molecule has 190 valence electrons. The molecule has 0 radical (unpaired) electrons. The van der Waals surface area contributed by atoms with E-state index in [0.29, 0.717) is 0 Å². The van der Waals surface area contributed by atoms with E-state index in [-0.39, 0.29) is 30.4 Å². The summed E-state index contributed by atoms with van der Waals surface area (Å²) in [6, 6.07) is 13.4. The van der Waals surface area contributed by atoms with E-state index in [9.17, 15) is 0 Å². The van der Waals surface area contributed by atoms with Crippen LogP contribution in [-0.4, -0.2) is 0 Å². The van der Waals surface area contributed by atoms with Gasteiger partial charge >= 0.3 is 224 Å². The molecule has 0 spiro atoms. The Morgan fingerprint density at radius 1 is 0.568 bits per heavy atom. The number of hydrogen-bond donors (Lipinski definition) is 0. The number of rotatable bonds is 4. The minimum atomic E-state index is -4.60. The van der Waals surface area contributed by atoms with E-state index >= 15 is 8.78 Å². The summed E-state index contributed by atoms with van der Waals surface area (Å²) in [5, 5.41) is 0. The molecule has 0 saturated carbocycles. The summed E-state index contributed by atoms with van der Waals surface area (Å²) >= 11 is -4.60. The van der Waals surface area contributed by atoms with Crippen LogP contribution in [0.5, 0.6) is 11.5 Å². The van der Waals surface area contributed by atoms with Gasteiger partial charge < -0.3 is 0 Å². The van der Waals surface area contributed by atoms with Crippen molar-refractivity contribution >= 4 is 0 Å². The average Bonchev–Trinajstić information content (AvgIpc) is 3.45. The van der Waals surface area contributed by atoms with Crippen molar-refractivity contribution in [3.8, 4) is 11.5 Å². The molecular formula is C32H32F2O2Zr. The van der Waals surface area contributed by atoms with Gasteiger partial charge in [0.25, 0.3) is 0 Å². The molecule has 0 aromatic heterocycles. The first-order valence-corrected chi connectivity index (χ1v) is 18.7. The molecule has 1 saturated heterocycles. The predicted molar refractivity (Wildman–Crippen MR) is 138 cm³/mol. The number of allylic oxidation sites excluding steroid dienone is 8. The third kappa shape index (κ3) is 3.95. The van der Waals surface area contributed by atoms with E-state index in [1.165, 1.54) is 58.4 Å². The van der Waals surface area contributed by atoms with Gasteiger partial charge in [0, 0.05) is 0 Å². The van der Waals surface area contributed by atoms with Crippen molar-refractivity contribution in [2.24, 2.45) is 0 Å². The van der Waals surface area contributed by atoms with Gasteiger partial charge in [0.05, 0.1) is 0 Å². The quantitative estimate of drug-likeness (QED) is 0.360. The topological polar surface area (TPSA) is 18.5 Å². The summed E-state index contributed by atoms with van der Waals surface area (Å²) < 4.78 is 45.0. The van der Waals surface area contributed by atoms with Crippen molar-refractivity contribution in [2.75, 3.05) is 0 Å². The van der Waals surface area contributed by atoms with Crippen LogP contribution in [0.2, 0.25) is 7.25 Å². The molecule has 2 atom stereocenters. The SMILES string of the molecule is Fc1ccccc1[O][Zr]1([O]c2ccccc2F)[CH]2C(=CC3=C2CCCC3)CCC2=CC3=C(CCCC3)[CH]21. The van der Waals surface area contributed by atoms with Crippen LogP contribution in [0.3, 0.4) is 0 Å². The van der Waals surface area contributed by atoms with Crippen LogP contribution in [0.1, 0.15) is 64.2 Å². The number of halogens is 2. The summed E-state index contributed by atoms with van der Waals surface area (Å²) in [6.07, 6.45) is 15.7. The van der Waals surface area contributed by atoms with Gasteiger partial charge in [-0.25, -0.2) is 0 Å². The van der Waals surface area contributed by atoms with E-state index in [1.807, 2.05) is 12.1 Å². The van der Waals surface area contributed by atoms with Crippen molar-refractivity contribution < 1.29 is 35.6 Å². The summed E-state index contributed by atoms with van der Waals surface area (Å²) in [4.78, 5) is 0. The second-order valence-corrected chi connectivity index (χ2v) is 18.5. The van der Waals surface area contributed by atoms with Gasteiger partial charge in [-0.15, -0.1) is 0 Å². The summed E-state index contributed by atoms with van der Waals surface area (Å²) in [5.74, 6) is -0.236. The maximum absolute atomic E-state index is 15.3. The Kier molecular flexibility index (Phi) is 6.11. The fraction of sp³-hybridized carbons (Fsp3) is 0.375. The van der Waals surface area contributed by atoms with E-state index in [0.717, 1.165) is 51.4 Å². The van der Waals surface area contributed by atoms with Gasteiger partial charge in [0.15, 0.2) is 0 Å². The molecule has 2 unspecified atom stereocenters. The first kappa shape index (κ1) is 23.8. The second kappa shape index (κ2) is 9.49. The predicted octanol–water partition coefficient (Wildman–Crippen LogP) is 9.40. The first-order valence-electron chi connectivity index (χ1n) is 13.9. The molecular weight excluding hydrogens is 546 g/mol. The summed E-state index contributed by atoms with van der Waals surface area (Å²) in [6.45, 7) is 0. The normalized spacial score (nSPS) is 25.9.